The maximum Gasteiger partial charge on any atom is 0.351 e. The second kappa shape index (κ2) is 9.52. The molecular weight excluding hydrogens is 450 g/mol. The number of esters is 1. The van der Waals surface area contributed by atoms with Gasteiger partial charge in [0.15, 0.2) is 5.57 Å². The van der Waals surface area contributed by atoms with Gasteiger partial charge in [-0.3, -0.25) is 9.69 Å². The van der Waals surface area contributed by atoms with Crippen molar-refractivity contribution in [3.63, 3.8) is 0 Å². The Morgan fingerprint density at radius 2 is 1.93 bits per heavy atom. The van der Waals surface area contributed by atoms with Crippen molar-refractivity contribution in [2.45, 2.75) is 18.6 Å². The highest BCUT2D eigenvalue weighted by molar-refractivity contribution is 8.05. The predicted octanol–water partition coefficient (Wildman–Crippen LogP) is 5.12. The number of nitrogens with zero attached hydrogens (tertiary/aromatic N) is 2. The normalized spacial score (nSPS) is 17.6. The number of hydrogen-bond acceptors (Lipinski definition) is 5. The highest BCUT2D eigenvalue weighted by Gasteiger charge is 2.41. The Balaban J connectivity index is 2.03. The Hall–Kier alpha value is -2.53. The number of carbonyl (C=O) groups excluding carboxylic acids is 2. The summed E-state index contributed by atoms with van der Waals surface area (Å²) in [6, 6.07) is 12.1. The third-order valence-corrected chi connectivity index (χ3v) is 6.25. The van der Waals surface area contributed by atoms with E-state index in [0.717, 1.165) is 17.3 Å². The van der Waals surface area contributed by atoms with Gasteiger partial charge in [-0.15, -0.1) is 0 Å². The van der Waals surface area contributed by atoms with Crippen molar-refractivity contribution in [1.82, 2.24) is 0 Å². The second-order valence-electron chi connectivity index (χ2n) is 6.22. The molecule has 1 fully saturated rings. The monoisotopic (exact) mass is 464 g/mol. The fourth-order valence-electron chi connectivity index (χ4n) is 2.88. The number of thioether (sulfide) groups is 1. The van der Waals surface area contributed by atoms with Crippen molar-refractivity contribution in [2.24, 2.45) is 0 Å². The van der Waals surface area contributed by atoms with Crippen LogP contribution in [-0.2, 0) is 20.7 Å². The lowest BCUT2D eigenvalue weighted by Gasteiger charge is -2.18. The number of amides is 1. The quantitative estimate of drug-likeness (QED) is 0.348. The lowest BCUT2D eigenvalue weighted by molar-refractivity contribution is -0.138. The van der Waals surface area contributed by atoms with E-state index in [1.807, 2.05) is 6.07 Å². The van der Waals surface area contributed by atoms with Crippen LogP contribution in [0.15, 0.2) is 53.1 Å². The minimum Gasteiger partial charge on any atom is -0.462 e. The molecule has 1 heterocycles. The first-order chi connectivity index (χ1) is 14.3. The van der Waals surface area contributed by atoms with Gasteiger partial charge in [-0.05, 0) is 55.3 Å². The van der Waals surface area contributed by atoms with E-state index in [4.69, 9.17) is 27.9 Å². The van der Waals surface area contributed by atoms with E-state index in [0.29, 0.717) is 22.2 Å². The molecule has 0 spiro atoms. The van der Waals surface area contributed by atoms with Crippen LogP contribution in [0.25, 0.3) is 0 Å². The lowest BCUT2D eigenvalue weighted by Crippen LogP contribution is -2.30. The molecule has 0 bridgehead atoms. The third-order valence-electron chi connectivity index (χ3n) is 4.25. The van der Waals surface area contributed by atoms with Gasteiger partial charge in [-0.25, -0.2) is 9.18 Å². The zero-order chi connectivity index (χ0) is 21.8. The third kappa shape index (κ3) is 4.62. The zero-order valence-corrected chi connectivity index (χ0v) is 18.0. The van der Waals surface area contributed by atoms with Crippen molar-refractivity contribution in [3.8, 4) is 6.07 Å². The number of hydrogen-bond donors (Lipinski definition) is 0. The van der Waals surface area contributed by atoms with Crippen molar-refractivity contribution in [1.29, 1.82) is 5.26 Å². The van der Waals surface area contributed by atoms with Gasteiger partial charge in [0, 0.05) is 5.69 Å². The van der Waals surface area contributed by atoms with Crippen LogP contribution in [-0.4, -0.2) is 23.7 Å². The molecule has 1 saturated heterocycles. The molecular formula is C21H15Cl2FN2O3S. The first-order valence-electron chi connectivity index (χ1n) is 8.87. The van der Waals surface area contributed by atoms with Gasteiger partial charge in [-0.1, -0.05) is 41.0 Å². The average Bonchev–Trinajstić information content (AvgIpc) is 3.02. The molecule has 1 atom stereocenters. The highest BCUT2D eigenvalue weighted by Crippen LogP contribution is 2.42. The average molecular weight is 465 g/mol. The number of nitriles is 1. The van der Waals surface area contributed by atoms with Gasteiger partial charge in [0.2, 0.25) is 5.91 Å². The summed E-state index contributed by atoms with van der Waals surface area (Å²) < 4.78 is 18.4. The van der Waals surface area contributed by atoms with Crippen molar-refractivity contribution in [3.05, 3.63) is 74.5 Å². The Morgan fingerprint density at radius 1 is 1.23 bits per heavy atom. The van der Waals surface area contributed by atoms with Crippen LogP contribution in [0.4, 0.5) is 10.1 Å². The van der Waals surface area contributed by atoms with E-state index in [2.05, 4.69) is 0 Å². The van der Waals surface area contributed by atoms with Gasteiger partial charge in [0.25, 0.3) is 0 Å². The number of ether oxygens (including phenoxy) is 1. The molecule has 0 radical (unpaired) electrons. The molecule has 2 aromatic carbocycles. The first-order valence-corrected chi connectivity index (χ1v) is 10.5. The second-order valence-corrected chi connectivity index (χ2v) is 8.23. The summed E-state index contributed by atoms with van der Waals surface area (Å²) in [5.41, 5.74) is 0.832. The van der Waals surface area contributed by atoms with Gasteiger partial charge >= 0.3 is 5.97 Å². The Kier molecular flexibility index (Phi) is 7.03. The number of halogens is 3. The van der Waals surface area contributed by atoms with Crippen molar-refractivity contribution < 1.29 is 18.7 Å². The SMILES string of the molecule is CCOC(=O)C(C#N)=C1SC(Cc2ccc(Cl)c(Cl)c2)C(=O)N1c1ccc(F)cc1. The number of anilines is 1. The van der Waals surface area contributed by atoms with Gasteiger partial charge in [-0.2, -0.15) is 5.26 Å². The summed E-state index contributed by atoms with van der Waals surface area (Å²) in [4.78, 5) is 26.8. The smallest absolute Gasteiger partial charge is 0.351 e. The van der Waals surface area contributed by atoms with Gasteiger partial charge < -0.3 is 4.74 Å². The van der Waals surface area contributed by atoms with E-state index in [9.17, 15) is 19.2 Å². The zero-order valence-electron chi connectivity index (χ0n) is 15.7. The van der Waals surface area contributed by atoms with Crippen LogP contribution >= 0.6 is 35.0 Å². The molecule has 3 rings (SSSR count). The Bertz CT molecular complexity index is 1070. The van der Waals surface area contributed by atoms with Crippen LogP contribution in [0, 0.1) is 17.1 Å². The highest BCUT2D eigenvalue weighted by atomic mass is 35.5. The molecule has 1 amide bonds. The first kappa shape index (κ1) is 22.2. The topological polar surface area (TPSA) is 70.4 Å². The summed E-state index contributed by atoms with van der Waals surface area (Å²) >= 11 is 13.1. The molecule has 0 saturated carbocycles. The summed E-state index contributed by atoms with van der Waals surface area (Å²) in [6.45, 7) is 1.70. The molecule has 9 heteroatoms. The van der Waals surface area contributed by atoms with Crippen molar-refractivity contribution in [2.75, 3.05) is 11.5 Å². The molecule has 0 aromatic heterocycles. The molecule has 1 unspecified atom stereocenters. The van der Waals surface area contributed by atoms with E-state index in [1.165, 1.54) is 29.2 Å². The molecule has 5 nitrogen and oxygen atoms in total. The predicted molar refractivity (Wildman–Crippen MR) is 115 cm³/mol. The van der Waals surface area contributed by atoms with Crippen LogP contribution in [0.3, 0.4) is 0 Å². The fourth-order valence-corrected chi connectivity index (χ4v) is 4.50. The Labute approximate surface area is 187 Å². The molecule has 1 aliphatic heterocycles. The van der Waals surface area contributed by atoms with Crippen LogP contribution < -0.4 is 4.90 Å². The summed E-state index contributed by atoms with van der Waals surface area (Å²) in [7, 11) is 0. The summed E-state index contributed by atoms with van der Waals surface area (Å²) in [5.74, 6) is -1.64. The standard InChI is InChI=1S/C21H15Cl2FN2O3S/c1-2-29-21(28)15(11-25)20-26(14-6-4-13(24)5-7-14)19(27)18(30-20)10-12-3-8-16(22)17(23)9-12/h3-9,18H,2,10H2,1H3. The van der Waals surface area contributed by atoms with E-state index < -0.39 is 17.0 Å². The molecule has 30 heavy (non-hydrogen) atoms. The maximum absolute atomic E-state index is 13.4. The van der Waals surface area contributed by atoms with Crippen molar-refractivity contribution >= 4 is 52.5 Å². The molecule has 0 aliphatic carbocycles. The minimum absolute atomic E-state index is 0.0825. The van der Waals surface area contributed by atoms with Crippen LogP contribution in [0.5, 0.6) is 0 Å². The van der Waals surface area contributed by atoms with Crippen LogP contribution in [0.1, 0.15) is 12.5 Å². The van der Waals surface area contributed by atoms with Crippen LogP contribution in [0.2, 0.25) is 10.0 Å². The molecule has 154 valence electrons. The summed E-state index contributed by atoms with van der Waals surface area (Å²) in [5, 5.41) is 9.85. The van der Waals surface area contributed by atoms with E-state index >= 15 is 0 Å². The summed E-state index contributed by atoms with van der Waals surface area (Å²) in [6.07, 6.45) is 0.295. The molecule has 0 N–H and O–H groups in total. The van der Waals surface area contributed by atoms with E-state index in [-0.39, 0.29) is 23.1 Å². The Morgan fingerprint density at radius 3 is 2.53 bits per heavy atom. The van der Waals surface area contributed by atoms with Gasteiger partial charge in [0.05, 0.1) is 21.9 Å². The molecule has 1 aliphatic rings. The minimum atomic E-state index is -0.822. The molecule has 2 aromatic rings. The lowest BCUT2D eigenvalue weighted by atomic mass is 10.1. The largest absolute Gasteiger partial charge is 0.462 e. The number of carbonyl (C=O) groups is 2. The fraction of sp³-hybridized carbons (Fsp3) is 0.190. The van der Waals surface area contributed by atoms with Gasteiger partial charge in [0.1, 0.15) is 16.9 Å². The number of rotatable bonds is 5. The van der Waals surface area contributed by atoms with E-state index in [1.54, 1.807) is 25.1 Å². The maximum atomic E-state index is 13.4. The number of benzene rings is 2.